The second-order valence-electron chi connectivity index (χ2n) is 5.69. The summed E-state index contributed by atoms with van der Waals surface area (Å²) in [5.41, 5.74) is 3.43. The first kappa shape index (κ1) is 17.0. The van der Waals surface area contributed by atoms with Crippen molar-refractivity contribution in [2.24, 2.45) is 0 Å². The van der Waals surface area contributed by atoms with Gasteiger partial charge in [-0.3, -0.25) is 9.89 Å². The van der Waals surface area contributed by atoms with Crippen LogP contribution >= 0.6 is 11.3 Å². The molecule has 0 radical (unpaired) electrons. The number of amides is 1. The van der Waals surface area contributed by atoms with Gasteiger partial charge < -0.3 is 10.1 Å². The minimum absolute atomic E-state index is 0.270. The van der Waals surface area contributed by atoms with E-state index in [0.29, 0.717) is 22.8 Å². The highest BCUT2D eigenvalue weighted by Gasteiger charge is 2.14. The predicted molar refractivity (Wildman–Crippen MR) is 101 cm³/mol. The van der Waals surface area contributed by atoms with Crippen molar-refractivity contribution in [1.82, 2.24) is 30.5 Å². The largest absolute Gasteiger partial charge is 0.496 e. The summed E-state index contributed by atoms with van der Waals surface area (Å²) in [5.74, 6) is 0.426. The second-order valence-corrected chi connectivity index (χ2v) is 6.47. The number of hydrogen-bond acceptors (Lipinski definition) is 6. The zero-order valence-corrected chi connectivity index (χ0v) is 15.2. The van der Waals surface area contributed by atoms with E-state index in [-0.39, 0.29) is 12.5 Å². The van der Waals surface area contributed by atoms with Crippen molar-refractivity contribution in [3.05, 3.63) is 64.7 Å². The average Bonchev–Trinajstić information content (AvgIpc) is 3.47. The van der Waals surface area contributed by atoms with Crippen LogP contribution in [0, 0.1) is 0 Å². The van der Waals surface area contributed by atoms with Gasteiger partial charge in [0.2, 0.25) is 0 Å². The summed E-state index contributed by atoms with van der Waals surface area (Å²) in [6, 6.07) is 11.1. The molecule has 27 heavy (non-hydrogen) atoms. The number of ether oxygens (including phenoxy) is 1. The van der Waals surface area contributed by atoms with Gasteiger partial charge in [-0.2, -0.15) is 16.4 Å². The van der Waals surface area contributed by atoms with Gasteiger partial charge in [0.15, 0.2) is 0 Å². The Balaban J connectivity index is 1.43. The Morgan fingerprint density at radius 2 is 2.22 bits per heavy atom. The molecule has 3 aromatic heterocycles. The van der Waals surface area contributed by atoms with Gasteiger partial charge in [0, 0.05) is 10.9 Å². The molecule has 1 amide bonds. The standard InChI is InChI=1S/C18H16N6O2S/c1-26-17-5-3-2-4-14(17)15-8-16(22-21-15)18(25)19-9-12-10-24(23-20-12)13-6-7-27-11-13/h2-8,10-11H,9H2,1H3,(H,19,25)(H,21,22). The number of para-hydroxylation sites is 1. The lowest BCUT2D eigenvalue weighted by Crippen LogP contribution is -2.23. The van der Waals surface area contributed by atoms with E-state index in [9.17, 15) is 4.79 Å². The SMILES string of the molecule is COc1ccccc1-c1cc(C(=O)NCc2cn(-c3ccsc3)nn2)[nH]n1. The molecule has 136 valence electrons. The smallest absolute Gasteiger partial charge is 0.269 e. The molecular weight excluding hydrogens is 364 g/mol. The van der Waals surface area contributed by atoms with Crippen molar-refractivity contribution in [1.29, 1.82) is 0 Å². The first-order chi connectivity index (χ1) is 13.2. The highest BCUT2D eigenvalue weighted by Crippen LogP contribution is 2.28. The third kappa shape index (κ3) is 3.58. The van der Waals surface area contributed by atoms with Gasteiger partial charge in [-0.25, -0.2) is 4.68 Å². The number of methoxy groups -OCH3 is 1. The van der Waals surface area contributed by atoms with Crippen LogP contribution in [0.25, 0.3) is 16.9 Å². The van der Waals surface area contributed by atoms with Crippen molar-refractivity contribution in [3.8, 4) is 22.7 Å². The van der Waals surface area contributed by atoms with Gasteiger partial charge in [-0.1, -0.05) is 17.3 Å². The maximum absolute atomic E-state index is 12.4. The number of aromatic nitrogens is 5. The van der Waals surface area contributed by atoms with Gasteiger partial charge in [-0.15, -0.1) is 5.10 Å². The number of nitrogens with zero attached hydrogens (tertiary/aromatic N) is 4. The normalized spacial score (nSPS) is 10.7. The second kappa shape index (κ2) is 7.42. The predicted octanol–water partition coefficient (Wildman–Crippen LogP) is 2.66. The zero-order valence-electron chi connectivity index (χ0n) is 14.4. The van der Waals surface area contributed by atoms with Crippen molar-refractivity contribution in [3.63, 3.8) is 0 Å². The Labute approximate surface area is 158 Å². The monoisotopic (exact) mass is 380 g/mol. The van der Waals surface area contributed by atoms with E-state index in [1.165, 1.54) is 0 Å². The molecule has 0 unspecified atom stereocenters. The molecular formula is C18H16N6O2S. The lowest BCUT2D eigenvalue weighted by Gasteiger charge is -2.04. The van der Waals surface area contributed by atoms with E-state index in [1.54, 1.807) is 35.4 Å². The third-order valence-corrected chi connectivity index (χ3v) is 4.62. The molecule has 0 fully saturated rings. The van der Waals surface area contributed by atoms with Crippen LogP contribution in [0.3, 0.4) is 0 Å². The fourth-order valence-corrected chi connectivity index (χ4v) is 3.21. The number of thiophene rings is 1. The first-order valence-corrected chi connectivity index (χ1v) is 9.09. The summed E-state index contributed by atoms with van der Waals surface area (Å²) in [6.07, 6.45) is 1.79. The van der Waals surface area contributed by atoms with Crippen molar-refractivity contribution in [2.75, 3.05) is 7.11 Å². The summed E-state index contributed by atoms with van der Waals surface area (Å²) in [5, 5.41) is 21.9. The van der Waals surface area contributed by atoms with Gasteiger partial charge >= 0.3 is 0 Å². The number of aromatic amines is 1. The molecule has 2 N–H and O–H groups in total. The molecule has 0 bridgehead atoms. The summed E-state index contributed by atoms with van der Waals surface area (Å²) in [6.45, 7) is 0.270. The Morgan fingerprint density at radius 3 is 3.04 bits per heavy atom. The van der Waals surface area contributed by atoms with Crippen LogP contribution in [0.2, 0.25) is 0 Å². The number of rotatable bonds is 6. The number of benzene rings is 1. The van der Waals surface area contributed by atoms with E-state index < -0.39 is 0 Å². The molecule has 0 spiro atoms. The minimum atomic E-state index is -0.270. The fraction of sp³-hybridized carbons (Fsp3) is 0.111. The van der Waals surface area contributed by atoms with Gasteiger partial charge in [-0.05, 0) is 29.6 Å². The Hall–Kier alpha value is -3.46. The Bertz CT molecular complexity index is 1050. The third-order valence-electron chi connectivity index (χ3n) is 3.95. The molecule has 8 nitrogen and oxygen atoms in total. The quantitative estimate of drug-likeness (QED) is 0.536. The van der Waals surface area contributed by atoms with Crippen LogP contribution in [-0.2, 0) is 6.54 Å². The lowest BCUT2D eigenvalue weighted by molar-refractivity contribution is 0.0945. The first-order valence-electron chi connectivity index (χ1n) is 8.15. The number of nitrogens with one attached hydrogen (secondary N) is 2. The highest BCUT2D eigenvalue weighted by atomic mass is 32.1. The molecule has 0 saturated heterocycles. The zero-order chi connectivity index (χ0) is 18.6. The number of carbonyl (C=O) groups is 1. The van der Waals surface area contributed by atoms with E-state index >= 15 is 0 Å². The summed E-state index contributed by atoms with van der Waals surface area (Å²) < 4.78 is 7.01. The van der Waals surface area contributed by atoms with Crippen LogP contribution in [0.1, 0.15) is 16.2 Å². The molecule has 0 aliphatic heterocycles. The highest BCUT2D eigenvalue weighted by molar-refractivity contribution is 7.08. The van der Waals surface area contributed by atoms with E-state index in [2.05, 4.69) is 25.8 Å². The van der Waals surface area contributed by atoms with Crippen LogP contribution < -0.4 is 10.1 Å². The van der Waals surface area contributed by atoms with Crippen LogP contribution in [-0.4, -0.2) is 38.2 Å². The number of H-pyrrole nitrogens is 1. The maximum Gasteiger partial charge on any atom is 0.269 e. The maximum atomic E-state index is 12.4. The Morgan fingerprint density at radius 1 is 1.33 bits per heavy atom. The molecule has 4 rings (SSSR count). The minimum Gasteiger partial charge on any atom is -0.496 e. The van der Waals surface area contributed by atoms with E-state index in [1.807, 2.05) is 41.1 Å². The molecule has 3 heterocycles. The summed E-state index contributed by atoms with van der Waals surface area (Å²) in [4.78, 5) is 12.4. The fourth-order valence-electron chi connectivity index (χ4n) is 2.59. The summed E-state index contributed by atoms with van der Waals surface area (Å²) in [7, 11) is 1.60. The topological polar surface area (TPSA) is 97.7 Å². The molecule has 0 atom stereocenters. The molecule has 4 aromatic rings. The van der Waals surface area contributed by atoms with Crippen molar-refractivity contribution in [2.45, 2.75) is 6.54 Å². The van der Waals surface area contributed by atoms with E-state index in [4.69, 9.17) is 4.74 Å². The Kier molecular flexibility index (Phi) is 4.67. The van der Waals surface area contributed by atoms with Crippen LogP contribution in [0.4, 0.5) is 0 Å². The number of carbonyl (C=O) groups excluding carboxylic acids is 1. The van der Waals surface area contributed by atoms with Crippen LogP contribution in [0.5, 0.6) is 5.75 Å². The number of hydrogen-bond donors (Lipinski definition) is 2. The van der Waals surface area contributed by atoms with Gasteiger partial charge in [0.1, 0.15) is 17.1 Å². The molecule has 9 heteroatoms. The van der Waals surface area contributed by atoms with Crippen molar-refractivity contribution >= 4 is 17.2 Å². The molecule has 0 aliphatic carbocycles. The van der Waals surface area contributed by atoms with Gasteiger partial charge in [0.05, 0.1) is 31.2 Å². The van der Waals surface area contributed by atoms with Gasteiger partial charge in [0.25, 0.3) is 5.91 Å². The lowest BCUT2D eigenvalue weighted by atomic mass is 10.1. The summed E-state index contributed by atoms with van der Waals surface area (Å²) >= 11 is 1.58. The van der Waals surface area contributed by atoms with Crippen molar-refractivity contribution < 1.29 is 9.53 Å². The average molecular weight is 380 g/mol. The molecule has 1 aromatic carbocycles. The molecule has 0 aliphatic rings. The van der Waals surface area contributed by atoms with Crippen LogP contribution in [0.15, 0.2) is 53.4 Å². The molecule has 0 saturated carbocycles. The van der Waals surface area contributed by atoms with E-state index in [0.717, 1.165) is 11.3 Å².